The van der Waals surface area contributed by atoms with Crippen molar-refractivity contribution >= 4 is 16.3 Å². The van der Waals surface area contributed by atoms with Gasteiger partial charge < -0.3 is 5.73 Å². The number of rotatable bonds is 1. The quantitative estimate of drug-likeness (QED) is 0.715. The molecule has 0 unspecified atom stereocenters. The maximum Gasteiger partial charge on any atom is 0.128 e. The SMILES string of the molecule is Cn1cc(-c2ncc(N)s2)cn1. The van der Waals surface area contributed by atoms with Gasteiger partial charge in [-0.2, -0.15) is 5.10 Å². The second kappa shape index (κ2) is 2.60. The molecule has 0 radical (unpaired) electrons. The molecule has 2 N–H and O–H groups in total. The highest BCUT2D eigenvalue weighted by Gasteiger charge is 2.03. The lowest BCUT2D eigenvalue weighted by molar-refractivity contribution is 0.768. The lowest BCUT2D eigenvalue weighted by Gasteiger charge is -1.85. The topological polar surface area (TPSA) is 56.7 Å². The van der Waals surface area contributed by atoms with E-state index in [9.17, 15) is 0 Å². The fraction of sp³-hybridized carbons (Fsp3) is 0.143. The van der Waals surface area contributed by atoms with Gasteiger partial charge >= 0.3 is 0 Å². The zero-order valence-corrected chi connectivity index (χ0v) is 7.38. The van der Waals surface area contributed by atoms with Crippen LogP contribution in [0.15, 0.2) is 18.6 Å². The Morgan fingerprint density at radius 3 is 2.83 bits per heavy atom. The van der Waals surface area contributed by atoms with Crippen molar-refractivity contribution < 1.29 is 0 Å². The standard InChI is InChI=1S/C7H8N4S/c1-11-4-5(2-10-11)7-9-3-6(8)12-7/h2-4H,8H2,1H3. The van der Waals surface area contributed by atoms with Crippen LogP contribution in [0.1, 0.15) is 0 Å². The predicted molar refractivity (Wildman–Crippen MR) is 48.7 cm³/mol. The van der Waals surface area contributed by atoms with Crippen LogP contribution in [0, 0.1) is 0 Å². The van der Waals surface area contributed by atoms with E-state index in [4.69, 9.17) is 5.73 Å². The van der Waals surface area contributed by atoms with Gasteiger partial charge in [0.1, 0.15) is 10.0 Å². The Bertz CT molecular complexity index is 351. The van der Waals surface area contributed by atoms with Gasteiger partial charge in [-0.25, -0.2) is 4.98 Å². The van der Waals surface area contributed by atoms with Crippen molar-refractivity contribution in [2.75, 3.05) is 5.73 Å². The van der Waals surface area contributed by atoms with Crippen molar-refractivity contribution in [1.82, 2.24) is 14.8 Å². The minimum atomic E-state index is 0.730. The molecule has 12 heavy (non-hydrogen) atoms. The van der Waals surface area contributed by atoms with E-state index < -0.39 is 0 Å². The molecule has 0 bridgehead atoms. The molecule has 0 saturated heterocycles. The number of anilines is 1. The second-order valence-electron chi connectivity index (χ2n) is 2.47. The van der Waals surface area contributed by atoms with Crippen LogP contribution in [0.5, 0.6) is 0 Å². The summed E-state index contributed by atoms with van der Waals surface area (Å²) in [5, 5.41) is 5.69. The lowest BCUT2D eigenvalue weighted by atomic mass is 10.4. The Hall–Kier alpha value is -1.36. The maximum atomic E-state index is 5.55. The van der Waals surface area contributed by atoms with E-state index in [1.54, 1.807) is 17.1 Å². The van der Waals surface area contributed by atoms with Gasteiger partial charge in [-0.1, -0.05) is 11.3 Å². The lowest BCUT2D eigenvalue weighted by Crippen LogP contribution is -1.83. The molecule has 2 aromatic heterocycles. The number of nitrogens with two attached hydrogens (primary N) is 1. The van der Waals surface area contributed by atoms with Gasteiger partial charge in [-0.3, -0.25) is 4.68 Å². The Morgan fingerprint density at radius 2 is 2.33 bits per heavy atom. The molecule has 0 aromatic carbocycles. The molecule has 0 aliphatic rings. The molecule has 2 heterocycles. The van der Waals surface area contributed by atoms with E-state index in [2.05, 4.69) is 10.1 Å². The molecule has 0 aliphatic heterocycles. The van der Waals surface area contributed by atoms with Crippen molar-refractivity contribution in [2.45, 2.75) is 0 Å². The first-order valence-electron chi connectivity index (χ1n) is 3.46. The third-order valence-electron chi connectivity index (χ3n) is 1.48. The highest BCUT2D eigenvalue weighted by molar-refractivity contribution is 7.18. The first-order valence-corrected chi connectivity index (χ1v) is 4.27. The number of hydrogen-bond donors (Lipinski definition) is 1. The van der Waals surface area contributed by atoms with Gasteiger partial charge in [-0.05, 0) is 0 Å². The zero-order chi connectivity index (χ0) is 8.55. The van der Waals surface area contributed by atoms with Gasteiger partial charge in [0, 0.05) is 18.8 Å². The van der Waals surface area contributed by atoms with Crippen LogP contribution in [-0.2, 0) is 7.05 Å². The van der Waals surface area contributed by atoms with Crippen LogP contribution in [0.4, 0.5) is 5.00 Å². The highest BCUT2D eigenvalue weighted by atomic mass is 32.1. The van der Waals surface area contributed by atoms with E-state index >= 15 is 0 Å². The molecule has 0 fully saturated rings. The van der Waals surface area contributed by atoms with Crippen LogP contribution >= 0.6 is 11.3 Å². The van der Waals surface area contributed by atoms with Crippen LogP contribution in [0.2, 0.25) is 0 Å². The normalized spacial score (nSPS) is 10.4. The van der Waals surface area contributed by atoms with Gasteiger partial charge in [0.2, 0.25) is 0 Å². The Labute approximate surface area is 73.7 Å². The first-order chi connectivity index (χ1) is 5.75. The molecule has 2 rings (SSSR count). The Kier molecular flexibility index (Phi) is 1.58. The van der Waals surface area contributed by atoms with E-state index in [-0.39, 0.29) is 0 Å². The van der Waals surface area contributed by atoms with E-state index in [1.165, 1.54) is 11.3 Å². The summed E-state index contributed by atoms with van der Waals surface area (Å²) in [7, 11) is 1.88. The van der Waals surface area contributed by atoms with E-state index in [0.717, 1.165) is 15.6 Å². The highest BCUT2D eigenvalue weighted by Crippen LogP contribution is 2.25. The maximum absolute atomic E-state index is 5.55. The Balaban J connectivity index is 2.43. The first kappa shape index (κ1) is 7.30. The third kappa shape index (κ3) is 1.18. The summed E-state index contributed by atoms with van der Waals surface area (Å²) in [6.07, 6.45) is 5.35. The summed E-state index contributed by atoms with van der Waals surface area (Å²) in [6.45, 7) is 0. The summed E-state index contributed by atoms with van der Waals surface area (Å²) in [4.78, 5) is 4.14. The molecule has 62 valence electrons. The second-order valence-corrected chi connectivity index (χ2v) is 3.53. The minimum Gasteiger partial charge on any atom is -0.389 e. The number of aromatic nitrogens is 3. The van der Waals surface area contributed by atoms with Crippen molar-refractivity contribution in [2.24, 2.45) is 7.05 Å². The Morgan fingerprint density at radius 1 is 1.50 bits per heavy atom. The molecule has 0 atom stereocenters. The molecule has 5 heteroatoms. The fourth-order valence-electron chi connectivity index (χ4n) is 0.952. The molecule has 2 aromatic rings. The number of nitrogen functional groups attached to an aromatic ring is 1. The van der Waals surface area contributed by atoms with Gasteiger partial charge in [-0.15, -0.1) is 0 Å². The average molecular weight is 180 g/mol. The largest absolute Gasteiger partial charge is 0.389 e. The average Bonchev–Trinajstić information content (AvgIpc) is 2.58. The molecule has 0 aliphatic carbocycles. The summed E-state index contributed by atoms with van der Waals surface area (Å²) in [5.74, 6) is 0. The molecular weight excluding hydrogens is 172 g/mol. The summed E-state index contributed by atoms with van der Waals surface area (Å²) < 4.78 is 1.74. The van der Waals surface area contributed by atoms with Gasteiger partial charge in [0.05, 0.1) is 12.4 Å². The molecular formula is C7H8N4S. The minimum absolute atomic E-state index is 0.730. The van der Waals surface area contributed by atoms with Gasteiger partial charge in [0.25, 0.3) is 0 Å². The molecule has 0 saturated carbocycles. The summed E-state index contributed by atoms with van der Waals surface area (Å²) >= 11 is 1.47. The number of thiazole rings is 1. The van der Waals surface area contributed by atoms with Crippen molar-refractivity contribution in [3.8, 4) is 10.6 Å². The smallest absolute Gasteiger partial charge is 0.128 e. The molecule has 0 amide bonds. The number of aryl methyl sites for hydroxylation is 1. The van der Waals surface area contributed by atoms with Crippen LogP contribution < -0.4 is 5.73 Å². The zero-order valence-electron chi connectivity index (χ0n) is 6.56. The summed E-state index contributed by atoms with van der Waals surface area (Å²) in [5.41, 5.74) is 6.56. The van der Waals surface area contributed by atoms with Crippen molar-refractivity contribution in [1.29, 1.82) is 0 Å². The summed E-state index contributed by atoms with van der Waals surface area (Å²) in [6, 6.07) is 0. The monoisotopic (exact) mass is 180 g/mol. The number of nitrogens with zero attached hydrogens (tertiary/aromatic N) is 3. The molecule has 0 spiro atoms. The third-order valence-corrected chi connectivity index (χ3v) is 2.35. The number of hydrogen-bond acceptors (Lipinski definition) is 4. The van der Waals surface area contributed by atoms with E-state index in [1.807, 2.05) is 13.2 Å². The molecule has 4 nitrogen and oxygen atoms in total. The van der Waals surface area contributed by atoms with Crippen molar-refractivity contribution in [3.63, 3.8) is 0 Å². The van der Waals surface area contributed by atoms with Crippen LogP contribution in [0.3, 0.4) is 0 Å². The van der Waals surface area contributed by atoms with Crippen LogP contribution in [-0.4, -0.2) is 14.8 Å². The van der Waals surface area contributed by atoms with E-state index in [0.29, 0.717) is 0 Å². The van der Waals surface area contributed by atoms with Crippen LogP contribution in [0.25, 0.3) is 10.6 Å². The van der Waals surface area contributed by atoms with Gasteiger partial charge in [0.15, 0.2) is 0 Å². The fourth-order valence-corrected chi connectivity index (χ4v) is 1.61. The predicted octanol–water partition coefficient (Wildman–Crippen LogP) is 1.13. The van der Waals surface area contributed by atoms with Crippen molar-refractivity contribution in [3.05, 3.63) is 18.6 Å².